The summed E-state index contributed by atoms with van der Waals surface area (Å²) >= 11 is 0. The van der Waals surface area contributed by atoms with Gasteiger partial charge in [0.25, 0.3) is 5.91 Å². The Morgan fingerprint density at radius 2 is 1.90 bits per heavy atom. The first-order chi connectivity index (χ1) is 20.0. The molecule has 0 radical (unpaired) electrons. The van der Waals surface area contributed by atoms with Gasteiger partial charge in [0.2, 0.25) is 11.7 Å². The maximum Gasteiger partial charge on any atom is 0.254 e. The molecule has 3 aromatic rings. The number of hydrogen-bond donors (Lipinski definition) is 2. The quantitative estimate of drug-likeness (QED) is 0.485. The molecular formula is C32H29N5O4. The van der Waals surface area contributed by atoms with Crippen LogP contribution < -0.4 is 15.8 Å². The van der Waals surface area contributed by atoms with E-state index in [1.165, 1.54) is 11.8 Å². The highest BCUT2D eigenvalue weighted by Gasteiger charge is 2.35. The van der Waals surface area contributed by atoms with E-state index in [0.29, 0.717) is 54.3 Å². The molecule has 2 N–H and O–H groups in total. The van der Waals surface area contributed by atoms with Crippen LogP contribution in [0.15, 0.2) is 72.5 Å². The Hall–Kier alpha value is -4.44. The van der Waals surface area contributed by atoms with E-state index >= 15 is 0 Å². The van der Waals surface area contributed by atoms with Crippen LogP contribution in [-0.4, -0.2) is 66.4 Å². The van der Waals surface area contributed by atoms with Crippen LogP contribution >= 0.6 is 0 Å². The summed E-state index contributed by atoms with van der Waals surface area (Å²) in [6.07, 6.45) is 7.98. The van der Waals surface area contributed by atoms with E-state index in [9.17, 15) is 14.4 Å². The lowest BCUT2D eigenvalue weighted by molar-refractivity contribution is -0.116. The van der Waals surface area contributed by atoms with Crippen LogP contribution in [0, 0.1) is 5.92 Å². The summed E-state index contributed by atoms with van der Waals surface area (Å²) in [6, 6.07) is 14.8. The lowest BCUT2D eigenvalue weighted by atomic mass is 9.83. The van der Waals surface area contributed by atoms with Gasteiger partial charge in [-0.25, -0.2) is 4.98 Å². The number of morpholine rings is 1. The van der Waals surface area contributed by atoms with Gasteiger partial charge in [0.1, 0.15) is 0 Å². The van der Waals surface area contributed by atoms with Gasteiger partial charge in [-0.2, -0.15) is 0 Å². The van der Waals surface area contributed by atoms with Crippen LogP contribution in [0.1, 0.15) is 38.9 Å². The van der Waals surface area contributed by atoms with Crippen molar-refractivity contribution >= 4 is 45.8 Å². The Morgan fingerprint density at radius 3 is 2.73 bits per heavy atom. The molecule has 2 amide bonds. The Morgan fingerprint density at radius 1 is 1.07 bits per heavy atom. The third-order valence-corrected chi connectivity index (χ3v) is 8.17. The summed E-state index contributed by atoms with van der Waals surface area (Å²) in [4.78, 5) is 47.6. The SMILES string of the molecule is CC(=O)N1/C(=C\c2cc(C3=CC=CC4NNCC34)c3cc(C(=O)N4CCOCC4)ccc3n2)C(=O)c2ccccc21. The Kier molecular flexibility index (Phi) is 6.34. The molecule has 1 aliphatic carbocycles. The minimum atomic E-state index is -0.243. The molecule has 2 unspecified atom stereocenters. The summed E-state index contributed by atoms with van der Waals surface area (Å²) in [5.41, 5.74) is 11.9. The number of para-hydroxylation sites is 1. The topological polar surface area (TPSA) is 104 Å². The largest absolute Gasteiger partial charge is 0.378 e. The molecule has 0 spiro atoms. The molecule has 3 aliphatic heterocycles. The van der Waals surface area contributed by atoms with E-state index in [1.807, 2.05) is 41.3 Å². The van der Waals surface area contributed by atoms with Crippen molar-refractivity contribution in [2.45, 2.75) is 13.0 Å². The van der Waals surface area contributed by atoms with Crippen molar-refractivity contribution in [3.05, 3.63) is 94.8 Å². The van der Waals surface area contributed by atoms with E-state index < -0.39 is 0 Å². The molecule has 4 aliphatic rings. The molecule has 2 saturated heterocycles. The van der Waals surface area contributed by atoms with Crippen LogP contribution in [0.25, 0.3) is 22.6 Å². The molecule has 9 nitrogen and oxygen atoms in total. The second kappa shape index (κ2) is 10.2. The van der Waals surface area contributed by atoms with E-state index in [4.69, 9.17) is 9.72 Å². The highest BCUT2D eigenvalue weighted by atomic mass is 16.5. The number of ketones is 1. The van der Waals surface area contributed by atoms with Gasteiger partial charge in [0.15, 0.2) is 0 Å². The number of hydrazine groups is 1. The van der Waals surface area contributed by atoms with Crippen LogP contribution in [0.3, 0.4) is 0 Å². The molecule has 1 aromatic heterocycles. The van der Waals surface area contributed by atoms with Gasteiger partial charge >= 0.3 is 0 Å². The number of Topliss-reactive ketones (excluding diaryl/α,β-unsaturated/α-hetero) is 1. The van der Waals surface area contributed by atoms with Gasteiger partial charge < -0.3 is 9.64 Å². The lowest BCUT2D eigenvalue weighted by Crippen LogP contribution is -2.40. The van der Waals surface area contributed by atoms with E-state index in [1.54, 1.807) is 24.3 Å². The van der Waals surface area contributed by atoms with Crippen molar-refractivity contribution in [3.8, 4) is 0 Å². The zero-order valence-electron chi connectivity index (χ0n) is 22.6. The molecule has 206 valence electrons. The number of hydrogen-bond acceptors (Lipinski definition) is 7. The van der Waals surface area contributed by atoms with Crippen LogP contribution in [0.5, 0.6) is 0 Å². The van der Waals surface area contributed by atoms with Crippen molar-refractivity contribution in [3.63, 3.8) is 0 Å². The average molecular weight is 548 g/mol. The number of fused-ring (bicyclic) bond motifs is 3. The number of anilines is 1. The molecule has 41 heavy (non-hydrogen) atoms. The molecule has 7 rings (SSSR count). The maximum absolute atomic E-state index is 13.4. The van der Waals surface area contributed by atoms with Crippen molar-refractivity contribution in [1.82, 2.24) is 20.7 Å². The number of nitrogens with one attached hydrogen (secondary N) is 2. The summed E-state index contributed by atoms with van der Waals surface area (Å²) in [5.74, 6) is -0.308. The van der Waals surface area contributed by atoms with Crippen molar-refractivity contribution in [2.75, 3.05) is 37.7 Å². The first kappa shape index (κ1) is 25.5. The molecule has 2 fully saturated rings. The molecule has 0 bridgehead atoms. The molecule has 2 aromatic carbocycles. The number of carbonyl (C=O) groups excluding carboxylic acids is 3. The number of amides is 2. The van der Waals surface area contributed by atoms with Gasteiger partial charge in [0, 0.05) is 55.0 Å². The van der Waals surface area contributed by atoms with Gasteiger partial charge in [-0.1, -0.05) is 30.4 Å². The first-order valence-electron chi connectivity index (χ1n) is 13.8. The minimum absolute atomic E-state index is 0.0293. The monoisotopic (exact) mass is 547 g/mol. The number of benzene rings is 2. The van der Waals surface area contributed by atoms with Crippen LogP contribution in [0.4, 0.5) is 5.69 Å². The summed E-state index contributed by atoms with van der Waals surface area (Å²) in [7, 11) is 0. The summed E-state index contributed by atoms with van der Waals surface area (Å²) in [6.45, 7) is 4.40. The number of pyridine rings is 1. The molecular weight excluding hydrogens is 518 g/mol. The third-order valence-electron chi connectivity index (χ3n) is 8.17. The smallest absolute Gasteiger partial charge is 0.254 e. The molecule has 2 atom stereocenters. The van der Waals surface area contributed by atoms with E-state index in [2.05, 4.69) is 23.0 Å². The predicted octanol–water partition coefficient (Wildman–Crippen LogP) is 3.34. The number of aromatic nitrogens is 1. The Balaban J connectivity index is 1.38. The number of allylic oxidation sites excluding steroid dienone is 3. The normalized spacial score (nSPS) is 22.7. The van der Waals surface area contributed by atoms with Gasteiger partial charge in [-0.15, -0.1) is 0 Å². The van der Waals surface area contributed by atoms with Crippen molar-refractivity contribution in [1.29, 1.82) is 0 Å². The maximum atomic E-state index is 13.4. The second-order valence-electron chi connectivity index (χ2n) is 10.6. The molecule has 9 heteroatoms. The number of carbonyl (C=O) groups is 3. The fraction of sp³-hybridized carbons (Fsp3) is 0.250. The third kappa shape index (κ3) is 4.39. The Labute approximate surface area is 237 Å². The molecule has 0 saturated carbocycles. The van der Waals surface area contributed by atoms with Crippen molar-refractivity contribution in [2.24, 2.45) is 5.92 Å². The van der Waals surface area contributed by atoms with Crippen molar-refractivity contribution < 1.29 is 19.1 Å². The van der Waals surface area contributed by atoms with Crippen LogP contribution in [-0.2, 0) is 9.53 Å². The second-order valence-corrected chi connectivity index (χ2v) is 10.6. The standard InChI is InChI=1S/C32H29N5O4/c1-19(38)37-29-8-3-2-5-23(29)31(39)30(37)17-21-16-24(22-6-4-7-28-26(22)18-33-35-28)25-15-20(9-10-27(25)34-21)32(40)36-11-13-41-14-12-36/h2-10,15-17,26,28,33,35H,11-14,18H2,1H3/b30-17-. The number of rotatable bonds is 3. The zero-order valence-corrected chi connectivity index (χ0v) is 22.6. The average Bonchev–Trinajstić information content (AvgIpc) is 3.59. The Bertz CT molecular complexity index is 1700. The fourth-order valence-electron chi connectivity index (χ4n) is 6.17. The van der Waals surface area contributed by atoms with E-state index in [-0.39, 0.29) is 35.3 Å². The van der Waals surface area contributed by atoms with Crippen LogP contribution in [0.2, 0.25) is 0 Å². The van der Waals surface area contributed by atoms with Gasteiger partial charge in [0.05, 0.1) is 35.8 Å². The zero-order chi connectivity index (χ0) is 28.1. The van der Waals surface area contributed by atoms with Gasteiger partial charge in [-0.05, 0) is 53.6 Å². The minimum Gasteiger partial charge on any atom is -0.378 e. The summed E-state index contributed by atoms with van der Waals surface area (Å²) in [5, 5.41) is 0.864. The number of ether oxygens (including phenoxy) is 1. The lowest BCUT2D eigenvalue weighted by Gasteiger charge is -2.27. The summed E-state index contributed by atoms with van der Waals surface area (Å²) < 4.78 is 5.43. The first-order valence-corrected chi connectivity index (χ1v) is 13.8. The highest BCUT2D eigenvalue weighted by Crippen LogP contribution is 2.38. The van der Waals surface area contributed by atoms with Gasteiger partial charge in [-0.3, -0.25) is 30.1 Å². The van der Waals surface area contributed by atoms with E-state index in [0.717, 1.165) is 23.1 Å². The fourth-order valence-corrected chi connectivity index (χ4v) is 6.17. The predicted molar refractivity (Wildman–Crippen MR) is 156 cm³/mol. The number of nitrogens with zero attached hydrogens (tertiary/aromatic N) is 3. The molecule has 4 heterocycles. The highest BCUT2D eigenvalue weighted by molar-refractivity contribution is 6.26.